The Morgan fingerprint density at radius 1 is 0.840 bits per heavy atom. The largest absolute Gasteiger partial charge is 0.457 e. The van der Waals surface area contributed by atoms with E-state index >= 15 is 0 Å². The minimum Gasteiger partial charge on any atom is -0.457 e. The number of urea groups is 1. The number of imide groups is 2. The van der Waals surface area contributed by atoms with E-state index < -0.39 is 23.8 Å². The van der Waals surface area contributed by atoms with E-state index in [-0.39, 0.29) is 6.42 Å². The van der Waals surface area contributed by atoms with Crippen molar-refractivity contribution >= 4 is 17.8 Å². The van der Waals surface area contributed by atoms with Gasteiger partial charge in [0.05, 0.1) is 0 Å². The molecule has 0 aromatic heterocycles. The molecule has 0 spiro atoms. The van der Waals surface area contributed by atoms with E-state index in [1.165, 1.54) is 14.1 Å². The van der Waals surface area contributed by atoms with Gasteiger partial charge in [-0.1, -0.05) is 30.3 Å². The van der Waals surface area contributed by atoms with Crippen LogP contribution >= 0.6 is 0 Å². The molecule has 1 aliphatic heterocycles. The van der Waals surface area contributed by atoms with Crippen molar-refractivity contribution in [3.05, 3.63) is 60.2 Å². The van der Waals surface area contributed by atoms with E-state index in [0.29, 0.717) is 11.5 Å². The van der Waals surface area contributed by atoms with Crippen molar-refractivity contribution in [3.8, 4) is 11.5 Å². The molecule has 0 saturated carbocycles. The first-order valence-electron chi connectivity index (χ1n) is 7.88. The number of carbonyl (C=O) groups is 3. The Labute approximate surface area is 145 Å². The van der Waals surface area contributed by atoms with Crippen LogP contribution in [0.2, 0.25) is 0 Å². The fourth-order valence-corrected chi connectivity index (χ4v) is 2.76. The maximum atomic E-state index is 12.3. The summed E-state index contributed by atoms with van der Waals surface area (Å²) < 4.78 is 5.78. The van der Waals surface area contributed by atoms with E-state index in [1.807, 2.05) is 48.5 Å². The Hall–Kier alpha value is -3.15. The molecule has 1 saturated heterocycles. The van der Waals surface area contributed by atoms with Crippen LogP contribution in [-0.4, -0.2) is 41.7 Å². The molecule has 25 heavy (non-hydrogen) atoms. The zero-order chi connectivity index (χ0) is 18.0. The number of amides is 4. The quantitative estimate of drug-likeness (QED) is 0.804. The predicted molar refractivity (Wildman–Crippen MR) is 91.1 cm³/mol. The predicted octanol–water partition coefficient (Wildman–Crippen LogP) is 2.69. The second-order valence-corrected chi connectivity index (χ2v) is 5.90. The number of nitrogens with zero attached hydrogens (tertiary/aromatic N) is 2. The molecular formula is C19H18N2O4. The van der Waals surface area contributed by atoms with Gasteiger partial charge in [0.15, 0.2) is 0 Å². The van der Waals surface area contributed by atoms with Gasteiger partial charge < -0.3 is 4.74 Å². The molecule has 6 nitrogen and oxygen atoms in total. The molecule has 3 rings (SSSR count). The third-order valence-electron chi connectivity index (χ3n) is 4.15. The number of hydrogen-bond acceptors (Lipinski definition) is 4. The van der Waals surface area contributed by atoms with Crippen molar-refractivity contribution in [2.24, 2.45) is 5.92 Å². The van der Waals surface area contributed by atoms with Crippen LogP contribution < -0.4 is 4.74 Å². The van der Waals surface area contributed by atoms with Gasteiger partial charge in [-0.05, 0) is 36.2 Å². The lowest BCUT2D eigenvalue weighted by molar-refractivity contribution is -0.147. The standard InChI is InChI=1S/C19H18N2O4/c1-20-17(22)16(18(23)21(2)19(20)24)12-13-7-6-10-15(11-13)25-14-8-4-3-5-9-14/h3-11,16H,12H2,1-2H3. The van der Waals surface area contributed by atoms with Gasteiger partial charge >= 0.3 is 6.03 Å². The smallest absolute Gasteiger partial charge is 0.332 e. The van der Waals surface area contributed by atoms with Crippen LogP contribution in [0.15, 0.2) is 54.6 Å². The monoisotopic (exact) mass is 338 g/mol. The highest BCUT2D eigenvalue weighted by Gasteiger charge is 2.42. The molecule has 0 atom stereocenters. The highest BCUT2D eigenvalue weighted by Crippen LogP contribution is 2.25. The number of hydrogen-bond donors (Lipinski definition) is 0. The SMILES string of the molecule is CN1C(=O)C(Cc2cccc(Oc3ccccc3)c2)C(=O)N(C)C1=O. The fourth-order valence-electron chi connectivity index (χ4n) is 2.76. The average molecular weight is 338 g/mol. The fraction of sp³-hybridized carbons (Fsp3) is 0.211. The number of ether oxygens (including phenoxy) is 1. The number of benzene rings is 2. The van der Waals surface area contributed by atoms with Gasteiger partial charge in [-0.15, -0.1) is 0 Å². The van der Waals surface area contributed by atoms with Crippen molar-refractivity contribution in [1.82, 2.24) is 9.80 Å². The molecule has 2 aromatic rings. The molecule has 1 fully saturated rings. The summed E-state index contributed by atoms with van der Waals surface area (Å²) in [7, 11) is 2.77. The third-order valence-corrected chi connectivity index (χ3v) is 4.15. The zero-order valence-electron chi connectivity index (χ0n) is 14.0. The number of para-hydroxylation sites is 1. The average Bonchev–Trinajstić information content (AvgIpc) is 2.63. The summed E-state index contributed by atoms with van der Waals surface area (Å²) >= 11 is 0. The Morgan fingerprint density at radius 3 is 2.08 bits per heavy atom. The summed E-state index contributed by atoms with van der Waals surface area (Å²) in [5.74, 6) is -0.545. The molecule has 0 unspecified atom stereocenters. The molecule has 1 heterocycles. The summed E-state index contributed by atoms with van der Waals surface area (Å²) in [5, 5.41) is 0. The van der Waals surface area contributed by atoms with Crippen LogP contribution in [0.5, 0.6) is 11.5 Å². The van der Waals surface area contributed by atoms with Crippen LogP contribution in [0, 0.1) is 5.92 Å². The van der Waals surface area contributed by atoms with Crippen LogP contribution in [0.4, 0.5) is 4.79 Å². The van der Waals surface area contributed by atoms with Crippen molar-refractivity contribution in [3.63, 3.8) is 0 Å². The van der Waals surface area contributed by atoms with E-state index in [9.17, 15) is 14.4 Å². The first-order chi connectivity index (χ1) is 12.0. The number of carbonyl (C=O) groups excluding carboxylic acids is 3. The Bertz CT molecular complexity index is 795. The van der Waals surface area contributed by atoms with E-state index in [2.05, 4.69) is 0 Å². The highest BCUT2D eigenvalue weighted by molar-refractivity contribution is 6.15. The Morgan fingerprint density at radius 2 is 1.44 bits per heavy atom. The summed E-state index contributed by atoms with van der Waals surface area (Å²) in [4.78, 5) is 38.4. The van der Waals surface area contributed by atoms with Crippen molar-refractivity contribution in [1.29, 1.82) is 0 Å². The molecule has 2 aromatic carbocycles. The van der Waals surface area contributed by atoms with E-state index in [4.69, 9.17) is 4.74 Å². The van der Waals surface area contributed by atoms with E-state index in [1.54, 1.807) is 6.07 Å². The minimum absolute atomic E-state index is 0.214. The van der Waals surface area contributed by atoms with Crippen molar-refractivity contribution in [2.45, 2.75) is 6.42 Å². The molecule has 0 N–H and O–H groups in total. The first-order valence-corrected chi connectivity index (χ1v) is 7.88. The van der Waals surface area contributed by atoms with Crippen molar-refractivity contribution in [2.75, 3.05) is 14.1 Å². The highest BCUT2D eigenvalue weighted by atomic mass is 16.5. The Kier molecular flexibility index (Phi) is 4.52. The zero-order valence-corrected chi connectivity index (χ0v) is 14.0. The molecular weight excluding hydrogens is 320 g/mol. The molecule has 0 radical (unpaired) electrons. The van der Waals surface area contributed by atoms with Gasteiger partial charge in [0, 0.05) is 14.1 Å². The molecule has 6 heteroatoms. The molecule has 4 amide bonds. The lowest BCUT2D eigenvalue weighted by Gasteiger charge is -2.32. The lowest BCUT2D eigenvalue weighted by atomic mass is 9.95. The maximum absolute atomic E-state index is 12.3. The molecule has 128 valence electrons. The number of barbiturate groups is 1. The number of rotatable bonds is 4. The summed E-state index contributed by atoms with van der Waals surface area (Å²) in [6, 6.07) is 16.0. The van der Waals surface area contributed by atoms with Gasteiger partial charge in [0.25, 0.3) is 0 Å². The second-order valence-electron chi connectivity index (χ2n) is 5.90. The van der Waals surface area contributed by atoms with Crippen LogP contribution in [0.3, 0.4) is 0 Å². The van der Waals surface area contributed by atoms with Crippen LogP contribution in [0.25, 0.3) is 0 Å². The lowest BCUT2D eigenvalue weighted by Crippen LogP contribution is -2.57. The van der Waals surface area contributed by atoms with Gasteiger partial charge in [-0.2, -0.15) is 0 Å². The Balaban J connectivity index is 1.79. The van der Waals surface area contributed by atoms with E-state index in [0.717, 1.165) is 15.4 Å². The normalized spacial score (nSPS) is 15.7. The molecule has 1 aliphatic rings. The summed E-state index contributed by atoms with van der Waals surface area (Å²) in [5.41, 5.74) is 0.788. The third kappa shape index (κ3) is 3.38. The van der Waals surface area contributed by atoms with Gasteiger partial charge in [0.1, 0.15) is 17.4 Å². The maximum Gasteiger partial charge on any atom is 0.332 e. The summed E-state index contributed by atoms with van der Waals surface area (Å²) in [6.45, 7) is 0. The van der Waals surface area contributed by atoms with Gasteiger partial charge in [-0.25, -0.2) is 4.79 Å². The van der Waals surface area contributed by atoms with Crippen LogP contribution in [-0.2, 0) is 16.0 Å². The van der Waals surface area contributed by atoms with Crippen molar-refractivity contribution < 1.29 is 19.1 Å². The summed E-state index contributed by atoms with van der Waals surface area (Å²) in [6.07, 6.45) is 0.214. The first kappa shape index (κ1) is 16.7. The second kappa shape index (κ2) is 6.76. The topological polar surface area (TPSA) is 66.9 Å². The molecule has 0 aliphatic carbocycles. The van der Waals surface area contributed by atoms with Crippen LogP contribution in [0.1, 0.15) is 5.56 Å². The van der Waals surface area contributed by atoms with Gasteiger partial charge in [-0.3, -0.25) is 19.4 Å². The molecule has 0 bridgehead atoms. The van der Waals surface area contributed by atoms with Gasteiger partial charge in [0.2, 0.25) is 11.8 Å². The minimum atomic E-state index is -0.903.